The van der Waals surface area contributed by atoms with Crippen molar-refractivity contribution in [2.75, 3.05) is 11.5 Å². The second kappa shape index (κ2) is 14.4. The van der Waals surface area contributed by atoms with Gasteiger partial charge in [-0.1, -0.05) is 34.6 Å². The van der Waals surface area contributed by atoms with E-state index >= 15 is 0 Å². The molecule has 94 valence electrons. The summed E-state index contributed by atoms with van der Waals surface area (Å²) in [6.07, 6.45) is 2.81. The lowest BCUT2D eigenvalue weighted by molar-refractivity contribution is 0.924. The van der Waals surface area contributed by atoms with Gasteiger partial charge >= 0.3 is 0 Å². The van der Waals surface area contributed by atoms with Crippen LogP contribution in [0.15, 0.2) is 12.3 Å². The Kier molecular flexibility index (Phi) is 16.1. The van der Waals surface area contributed by atoms with Gasteiger partial charge in [0, 0.05) is 24.1 Å². The summed E-state index contributed by atoms with van der Waals surface area (Å²) in [6.45, 7) is 12.2. The van der Waals surface area contributed by atoms with Gasteiger partial charge < -0.3 is 0 Å². The number of aromatic nitrogens is 2. The predicted octanol–water partition coefficient (Wildman–Crippen LogP) is 4.13. The topological polar surface area (TPSA) is 25.8 Å². The minimum atomic E-state index is 0.968. The Morgan fingerprint density at radius 1 is 1.19 bits per heavy atom. The molecule has 1 rings (SSSR count). The fourth-order valence-electron chi connectivity index (χ4n) is 0.929. The van der Waals surface area contributed by atoms with E-state index in [1.54, 1.807) is 0 Å². The fraction of sp³-hybridized carbons (Fsp3) is 0.692. The first-order valence-corrected chi connectivity index (χ1v) is 7.34. The maximum atomic E-state index is 4.32. The van der Waals surface area contributed by atoms with Gasteiger partial charge in [0.1, 0.15) is 5.82 Å². The van der Waals surface area contributed by atoms with Gasteiger partial charge in [-0.3, -0.25) is 0 Å². The first kappa shape index (κ1) is 17.8. The number of hydrogen-bond acceptors (Lipinski definition) is 3. The maximum Gasteiger partial charge on any atom is 0.129 e. The summed E-state index contributed by atoms with van der Waals surface area (Å²) >= 11 is 1.93. The molecule has 0 atom stereocenters. The highest BCUT2D eigenvalue weighted by atomic mass is 32.2. The number of aryl methyl sites for hydroxylation is 2. The average molecular weight is 242 g/mol. The Bertz CT molecular complexity index is 239. The van der Waals surface area contributed by atoms with Crippen molar-refractivity contribution in [1.82, 2.24) is 9.97 Å². The van der Waals surface area contributed by atoms with Crippen LogP contribution in [-0.2, 0) is 6.42 Å². The van der Waals surface area contributed by atoms with E-state index in [1.807, 2.05) is 58.6 Å². The summed E-state index contributed by atoms with van der Waals surface area (Å²) < 4.78 is 0. The van der Waals surface area contributed by atoms with E-state index in [1.165, 1.54) is 5.75 Å². The van der Waals surface area contributed by atoms with Crippen molar-refractivity contribution in [3.63, 3.8) is 0 Å². The number of hydrogen-bond donors (Lipinski definition) is 0. The van der Waals surface area contributed by atoms with Gasteiger partial charge in [0.15, 0.2) is 0 Å². The zero-order chi connectivity index (χ0) is 12.8. The third kappa shape index (κ3) is 9.97. The first-order chi connectivity index (χ1) is 7.83. The molecular formula is C13H26N2S. The summed E-state index contributed by atoms with van der Waals surface area (Å²) in [7, 11) is 0. The molecule has 2 nitrogen and oxygen atoms in total. The predicted molar refractivity (Wildman–Crippen MR) is 76.2 cm³/mol. The summed E-state index contributed by atoms with van der Waals surface area (Å²) in [5, 5.41) is 0. The van der Waals surface area contributed by atoms with Crippen molar-refractivity contribution in [2.24, 2.45) is 0 Å². The van der Waals surface area contributed by atoms with Crippen molar-refractivity contribution < 1.29 is 0 Å². The molecule has 0 aliphatic heterocycles. The van der Waals surface area contributed by atoms with Crippen molar-refractivity contribution in [2.45, 2.75) is 48.0 Å². The Labute approximate surface area is 105 Å². The Hall–Kier alpha value is -0.570. The molecule has 0 aliphatic carbocycles. The second-order valence-corrected chi connectivity index (χ2v) is 3.96. The summed E-state index contributed by atoms with van der Waals surface area (Å²) in [6, 6.07) is 1.93. The van der Waals surface area contributed by atoms with E-state index in [0.717, 1.165) is 23.7 Å². The van der Waals surface area contributed by atoms with Crippen LogP contribution in [0.2, 0.25) is 0 Å². The minimum Gasteiger partial charge on any atom is -0.241 e. The van der Waals surface area contributed by atoms with Crippen LogP contribution in [0.3, 0.4) is 0 Å². The van der Waals surface area contributed by atoms with Crippen LogP contribution in [0.1, 0.15) is 46.1 Å². The zero-order valence-corrected chi connectivity index (χ0v) is 12.4. The molecule has 0 aliphatic rings. The van der Waals surface area contributed by atoms with Crippen molar-refractivity contribution in [3.8, 4) is 0 Å². The highest BCUT2D eigenvalue weighted by molar-refractivity contribution is 7.99. The molecule has 1 heterocycles. The molecule has 0 amide bonds. The van der Waals surface area contributed by atoms with Crippen LogP contribution >= 0.6 is 11.8 Å². The van der Waals surface area contributed by atoms with E-state index in [9.17, 15) is 0 Å². The van der Waals surface area contributed by atoms with Gasteiger partial charge in [0.05, 0.1) is 0 Å². The molecule has 0 bridgehead atoms. The number of thioether (sulfide) groups is 1. The third-order valence-corrected chi connectivity index (χ3v) is 2.42. The van der Waals surface area contributed by atoms with Crippen molar-refractivity contribution in [1.29, 1.82) is 0 Å². The Morgan fingerprint density at radius 3 is 2.31 bits per heavy atom. The molecule has 0 radical (unpaired) electrons. The molecule has 16 heavy (non-hydrogen) atoms. The van der Waals surface area contributed by atoms with E-state index in [4.69, 9.17) is 0 Å². The van der Waals surface area contributed by atoms with E-state index in [-0.39, 0.29) is 0 Å². The van der Waals surface area contributed by atoms with Crippen LogP contribution in [0.5, 0.6) is 0 Å². The lowest BCUT2D eigenvalue weighted by atomic mass is 10.4. The minimum absolute atomic E-state index is 0.968. The van der Waals surface area contributed by atoms with Crippen LogP contribution in [0, 0.1) is 6.92 Å². The number of rotatable bonds is 4. The van der Waals surface area contributed by atoms with E-state index < -0.39 is 0 Å². The SMILES string of the molecule is CC.CC.CCSCCc1nccc(C)n1. The fourth-order valence-corrected chi connectivity index (χ4v) is 1.54. The standard InChI is InChI=1S/C9H14N2S.2C2H6/c1-3-12-7-5-9-10-6-4-8(2)11-9;2*1-2/h4,6H,3,5,7H2,1-2H3;2*1-2H3. The van der Waals surface area contributed by atoms with Crippen LogP contribution in [0.4, 0.5) is 0 Å². The maximum absolute atomic E-state index is 4.32. The Morgan fingerprint density at radius 2 is 1.81 bits per heavy atom. The summed E-state index contributed by atoms with van der Waals surface area (Å²) in [5.41, 5.74) is 1.06. The third-order valence-electron chi connectivity index (χ3n) is 1.52. The van der Waals surface area contributed by atoms with Gasteiger partial charge in [-0.05, 0) is 18.7 Å². The van der Waals surface area contributed by atoms with E-state index in [2.05, 4.69) is 16.9 Å². The van der Waals surface area contributed by atoms with Gasteiger partial charge in [-0.2, -0.15) is 11.8 Å². The van der Waals surface area contributed by atoms with Gasteiger partial charge in [-0.15, -0.1) is 0 Å². The lowest BCUT2D eigenvalue weighted by Crippen LogP contribution is -1.97. The molecule has 0 saturated heterocycles. The molecule has 0 unspecified atom stereocenters. The molecule has 0 saturated carbocycles. The van der Waals surface area contributed by atoms with Crippen LogP contribution < -0.4 is 0 Å². The highest BCUT2D eigenvalue weighted by Gasteiger charge is 1.95. The Balaban J connectivity index is 0. The molecule has 0 fully saturated rings. The normalized spacial score (nSPS) is 8.38. The molecule has 0 spiro atoms. The highest BCUT2D eigenvalue weighted by Crippen LogP contribution is 2.02. The molecule has 1 aromatic heterocycles. The van der Waals surface area contributed by atoms with Gasteiger partial charge in [0.25, 0.3) is 0 Å². The summed E-state index contributed by atoms with van der Waals surface area (Å²) in [4.78, 5) is 8.51. The van der Waals surface area contributed by atoms with Crippen LogP contribution in [0.25, 0.3) is 0 Å². The number of nitrogens with zero attached hydrogens (tertiary/aromatic N) is 2. The first-order valence-electron chi connectivity index (χ1n) is 6.19. The molecule has 0 aromatic carbocycles. The molecule has 1 aromatic rings. The van der Waals surface area contributed by atoms with Gasteiger partial charge in [-0.25, -0.2) is 9.97 Å². The largest absolute Gasteiger partial charge is 0.241 e. The van der Waals surface area contributed by atoms with Crippen molar-refractivity contribution in [3.05, 3.63) is 23.8 Å². The summed E-state index contributed by atoms with van der Waals surface area (Å²) in [5.74, 6) is 3.27. The van der Waals surface area contributed by atoms with Gasteiger partial charge in [0.2, 0.25) is 0 Å². The molecular weight excluding hydrogens is 216 g/mol. The van der Waals surface area contributed by atoms with Crippen LogP contribution in [-0.4, -0.2) is 21.5 Å². The smallest absolute Gasteiger partial charge is 0.129 e. The monoisotopic (exact) mass is 242 g/mol. The quantitative estimate of drug-likeness (QED) is 0.742. The van der Waals surface area contributed by atoms with Crippen molar-refractivity contribution >= 4 is 11.8 Å². The van der Waals surface area contributed by atoms with E-state index in [0.29, 0.717) is 0 Å². The lowest BCUT2D eigenvalue weighted by Gasteiger charge is -1.98. The molecule has 3 heteroatoms. The average Bonchev–Trinajstić information content (AvgIpc) is 2.35. The second-order valence-electron chi connectivity index (χ2n) is 2.56. The zero-order valence-electron chi connectivity index (χ0n) is 11.6. The molecule has 0 N–H and O–H groups in total.